The molecule has 7 heteroatoms. The van der Waals surface area contributed by atoms with E-state index >= 15 is 0 Å². The third kappa shape index (κ3) is 3.82. The summed E-state index contributed by atoms with van der Waals surface area (Å²) in [5.74, 6) is 0.313. The van der Waals surface area contributed by atoms with Crippen LogP contribution in [0, 0.1) is 37.5 Å². The molecule has 1 aliphatic carbocycles. The summed E-state index contributed by atoms with van der Waals surface area (Å²) in [5.41, 5.74) is 0.730. The van der Waals surface area contributed by atoms with Crippen molar-refractivity contribution in [2.75, 3.05) is 19.7 Å². The van der Waals surface area contributed by atoms with Gasteiger partial charge in [0.15, 0.2) is 0 Å². The Bertz CT molecular complexity index is 829. The molecule has 0 unspecified atom stereocenters. The average molecular weight is 373 g/mol. The Balaban J connectivity index is 1.75. The molecule has 7 nitrogen and oxygen atoms in total. The number of amides is 1. The van der Waals surface area contributed by atoms with Crippen LogP contribution in [0.5, 0.6) is 0 Å². The summed E-state index contributed by atoms with van der Waals surface area (Å²) in [6.45, 7) is 8.72. The highest BCUT2D eigenvalue weighted by Gasteiger charge is 2.45. The summed E-state index contributed by atoms with van der Waals surface area (Å²) >= 11 is 0. The molecule has 0 bridgehead atoms. The number of fused-ring (bicyclic) bond motifs is 1. The minimum atomic E-state index is -0.261. The number of carbonyl (C=O) groups is 2. The van der Waals surface area contributed by atoms with Gasteiger partial charge in [0.1, 0.15) is 5.82 Å². The van der Waals surface area contributed by atoms with Gasteiger partial charge >= 0.3 is 5.97 Å². The number of aryl methyl sites for hydroxylation is 2. The molecule has 2 heterocycles. The van der Waals surface area contributed by atoms with Gasteiger partial charge in [-0.3, -0.25) is 14.4 Å². The second kappa shape index (κ2) is 7.66. The number of ether oxygens (including phenoxy) is 1. The normalized spacial score (nSPS) is 26.7. The quantitative estimate of drug-likeness (QED) is 0.636. The van der Waals surface area contributed by atoms with E-state index in [9.17, 15) is 14.4 Å². The molecule has 1 amide bonds. The zero-order chi connectivity index (χ0) is 19.7. The number of aromatic amines is 1. The van der Waals surface area contributed by atoms with Gasteiger partial charge in [0.25, 0.3) is 5.56 Å². The third-order valence-corrected chi connectivity index (χ3v) is 5.68. The molecule has 27 heavy (non-hydrogen) atoms. The maximum Gasteiger partial charge on any atom is 0.309 e. The topological polar surface area (TPSA) is 92.4 Å². The lowest BCUT2D eigenvalue weighted by Crippen LogP contribution is -2.37. The Labute approximate surface area is 158 Å². The van der Waals surface area contributed by atoms with Crippen LogP contribution in [0.2, 0.25) is 0 Å². The molecule has 0 saturated carbocycles. The minimum Gasteiger partial charge on any atom is -0.466 e. The zero-order valence-electron chi connectivity index (χ0n) is 16.3. The largest absolute Gasteiger partial charge is 0.466 e. The lowest BCUT2D eigenvalue weighted by atomic mass is 9.72. The number of rotatable bonds is 4. The zero-order valence-corrected chi connectivity index (χ0v) is 16.3. The summed E-state index contributed by atoms with van der Waals surface area (Å²) < 4.78 is 5.26. The van der Waals surface area contributed by atoms with Gasteiger partial charge in [0, 0.05) is 24.3 Å². The van der Waals surface area contributed by atoms with Gasteiger partial charge in [0.05, 0.1) is 18.9 Å². The average Bonchev–Trinajstić information content (AvgIpc) is 3.02. The molecule has 146 valence electrons. The number of H-pyrrole nitrogens is 1. The summed E-state index contributed by atoms with van der Waals surface area (Å²) in [6.07, 6.45) is 4.19. The summed E-state index contributed by atoms with van der Waals surface area (Å²) in [5, 5.41) is 0. The fourth-order valence-electron chi connectivity index (χ4n) is 4.32. The summed E-state index contributed by atoms with van der Waals surface area (Å²) in [6, 6.07) is 0. The van der Waals surface area contributed by atoms with E-state index in [2.05, 4.69) is 22.1 Å². The van der Waals surface area contributed by atoms with Crippen LogP contribution in [-0.2, 0) is 20.7 Å². The van der Waals surface area contributed by atoms with Crippen molar-refractivity contribution < 1.29 is 14.3 Å². The number of carbonyl (C=O) groups excluding carboxylic acids is 2. The van der Waals surface area contributed by atoms with Crippen LogP contribution in [0.25, 0.3) is 0 Å². The summed E-state index contributed by atoms with van der Waals surface area (Å²) in [4.78, 5) is 46.1. The molecule has 1 aliphatic heterocycles. The number of likely N-dealkylation sites (tertiary alicyclic amines) is 1. The highest BCUT2D eigenvalue weighted by atomic mass is 16.5. The van der Waals surface area contributed by atoms with Gasteiger partial charge in [0.2, 0.25) is 5.91 Å². The molecule has 0 aromatic carbocycles. The van der Waals surface area contributed by atoms with E-state index in [1.165, 1.54) is 0 Å². The van der Waals surface area contributed by atoms with Crippen molar-refractivity contribution >= 4 is 11.9 Å². The number of aromatic nitrogens is 2. The number of nitrogens with one attached hydrogen (secondary N) is 1. The van der Waals surface area contributed by atoms with Crippen LogP contribution in [-0.4, -0.2) is 46.4 Å². The number of esters is 1. The first-order chi connectivity index (χ1) is 12.8. The first-order valence-corrected chi connectivity index (χ1v) is 9.51. The van der Waals surface area contributed by atoms with Crippen LogP contribution in [0.1, 0.15) is 30.9 Å². The second-order valence-corrected chi connectivity index (χ2v) is 7.54. The van der Waals surface area contributed by atoms with E-state index in [-0.39, 0.29) is 47.5 Å². The number of nitrogens with zero attached hydrogens (tertiary/aromatic N) is 2. The first kappa shape index (κ1) is 19.3. The molecule has 4 atom stereocenters. The maximum atomic E-state index is 12.8. The first-order valence-electron chi connectivity index (χ1n) is 9.51. The van der Waals surface area contributed by atoms with E-state index in [4.69, 9.17) is 4.74 Å². The standard InChI is InChI=1S/C20H27N3O4/c1-5-27-20(26)18-11(2)6-7-14-9-23(10-16(14)18)17(24)8-15-12(3)21-13(4)22-19(15)25/h6-7,11,14,16,18H,5,8-10H2,1-4H3,(H,21,22,25)/t11-,14-,16-,18-/m0/s1. The molecular weight excluding hydrogens is 346 g/mol. The molecule has 1 saturated heterocycles. The Morgan fingerprint density at radius 2 is 2.04 bits per heavy atom. The van der Waals surface area contributed by atoms with Crippen LogP contribution >= 0.6 is 0 Å². The molecule has 1 aromatic heterocycles. The Hall–Kier alpha value is -2.44. The van der Waals surface area contributed by atoms with Gasteiger partial charge in [-0.25, -0.2) is 4.98 Å². The molecule has 3 rings (SSSR count). The Morgan fingerprint density at radius 1 is 1.30 bits per heavy atom. The second-order valence-electron chi connectivity index (χ2n) is 7.54. The van der Waals surface area contributed by atoms with Crippen LogP contribution in [0.3, 0.4) is 0 Å². The van der Waals surface area contributed by atoms with Gasteiger partial charge in [-0.1, -0.05) is 19.1 Å². The SMILES string of the molecule is CCOC(=O)[C@@H]1[C@H]2CN(C(=O)Cc3c(C)nc(C)[nH]c3=O)C[C@@H]2C=C[C@@H]1C. The Morgan fingerprint density at radius 3 is 2.70 bits per heavy atom. The van der Waals surface area contributed by atoms with Crippen molar-refractivity contribution in [1.82, 2.24) is 14.9 Å². The van der Waals surface area contributed by atoms with Crippen LogP contribution in [0.15, 0.2) is 16.9 Å². The molecule has 0 radical (unpaired) electrons. The van der Waals surface area contributed by atoms with E-state index in [1.807, 2.05) is 6.92 Å². The monoisotopic (exact) mass is 373 g/mol. The van der Waals surface area contributed by atoms with Crippen molar-refractivity contribution in [2.45, 2.75) is 34.1 Å². The molecule has 2 aliphatic rings. The third-order valence-electron chi connectivity index (χ3n) is 5.68. The molecule has 1 N–H and O–H groups in total. The lowest BCUT2D eigenvalue weighted by molar-refractivity contribution is -0.152. The molecule has 1 aromatic rings. The Kier molecular flexibility index (Phi) is 5.48. The van der Waals surface area contributed by atoms with E-state index in [0.717, 1.165) is 0 Å². The predicted octanol–water partition coefficient (Wildman–Crippen LogP) is 1.39. The number of hydrogen-bond acceptors (Lipinski definition) is 5. The van der Waals surface area contributed by atoms with E-state index in [1.54, 1.807) is 25.7 Å². The molecule has 0 spiro atoms. The summed E-state index contributed by atoms with van der Waals surface area (Å²) in [7, 11) is 0. The fraction of sp³-hybridized carbons (Fsp3) is 0.600. The predicted molar refractivity (Wildman–Crippen MR) is 100 cm³/mol. The van der Waals surface area contributed by atoms with Crippen LogP contribution in [0.4, 0.5) is 0 Å². The number of hydrogen-bond donors (Lipinski definition) is 1. The fourth-order valence-corrected chi connectivity index (χ4v) is 4.32. The minimum absolute atomic E-state index is 0.0250. The van der Waals surface area contributed by atoms with Gasteiger partial charge in [-0.15, -0.1) is 0 Å². The maximum absolute atomic E-state index is 12.8. The number of allylic oxidation sites excluding steroid dienone is 1. The molecule has 1 fully saturated rings. The van der Waals surface area contributed by atoms with Gasteiger partial charge < -0.3 is 14.6 Å². The van der Waals surface area contributed by atoms with Crippen molar-refractivity contribution in [2.24, 2.45) is 23.7 Å². The van der Waals surface area contributed by atoms with Crippen LogP contribution < -0.4 is 5.56 Å². The van der Waals surface area contributed by atoms with Gasteiger partial charge in [-0.05, 0) is 38.5 Å². The van der Waals surface area contributed by atoms with Crippen molar-refractivity contribution in [3.63, 3.8) is 0 Å². The van der Waals surface area contributed by atoms with E-state index < -0.39 is 0 Å². The van der Waals surface area contributed by atoms with Gasteiger partial charge in [-0.2, -0.15) is 0 Å². The van der Waals surface area contributed by atoms with Crippen molar-refractivity contribution in [3.8, 4) is 0 Å². The van der Waals surface area contributed by atoms with E-state index in [0.29, 0.717) is 36.8 Å². The highest BCUT2D eigenvalue weighted by Crippen LogP contribution is 2.40. The smallest absolute Gasteiger partial charge is 0.309 e. The van der Waals surface area contributed by atoms with Crippen molar-refractivity contribution in [1.29, 1.82) is 0 Å². The van der Waals surface area contributed by atoms with Crippen molar-refractivity contribution in [3.05, 3.63) is 39.6 Å². The highest BCUT2D eigenvalue weighted by molar-refractivity contribution is 5.80. The molecular formula is C20H27N3O4. The lowest BCUT2D eigenvalue weighted by Gasteiger charge is -2.31.